The fraction of sp³-hybridized carbons (Fsp3) is 0.636. The van der Waals surface area contributed by atoms with Crippen LogP contribution in [-0.2, 0) is 0 Å². The van der Waals surface area contributed by atoms with Crippen LogP contribution in [0.5, 0.6) is 0 Å². The molecule has 1 rings (SSSR count). The van der Waals surface area contributed by atoms with Crippen LogP contribution in [0.2, 0.25) is 0 Å². The van der Waals surface area contributed by atoms with Gasteiger partial charge in [-0.3, -0.25) is 4.98 Å². The topological polar surface area (TPSA) is 84.1 Å². The number of rotatable bonds is 6. The lowest BCUT2D eigenvalue weighted by Crippen LogP contribution is -2.24. The number of nitrogens with two attached hydrogens (primary N) is 1. The third-order valence-corrected chi connectivity index (χ3v) is 2.41. The quantitative estimate of drug-likeness (QED) is 0.677. The van der Waals surface area contributed by atoms with Gasteiger partial charge in [0.15, 0.2) is 0 Å². The average molecular weight is 224 g/mol. The van der Waals surface area contributed by atoms with Gasteiger partial charge in [-0.05, 0) is 18.3 Å². The van der Waals surface area contributed by atoms with Crippen molar-refractivity contribution in [3.63, 3.8) is 0 Å². The first-order chi connectivity index (χ1) is 7.53. The van der Waals surface area contributed by atoms with E-state index in [1.165, 1.54) is 6.20 Å². The number of nitrogen functional groups attached to an aromatic ring is 1. The Morgan fingerprint density at radius 1 is 1.44 bits per heavy atom. The summed E-state index contributed by atoms with van der Waals surface area (Å²) in [6, 6.07) is 0. The molecule has 0 unspecified atom stereocenters. The number of hydrogen-bond donors (Lipinski definition) is 3. The Morgan fingerprint density at radius 3 is 2.81 bits per heavy atom. The Hall–Kier alpha value is -1.36. The van der Waals surface area contributed by atoms with Gasteiger partial charge < -0.3 is 16.2 Å². The normalized spacial score (nSPS) is 11.4. The molecule has 0 aliphatic heterocycles. The predicted octanol–water partition coefficient (Wildman–Crippen LogP) is 1.27. The molecule has 4 N–H and O–H groups in total. The van der Waals surface area contributed by atoms with Gasteiger partial charge in [-0.15, -0.1) is 0 Å². The average Bonchev–Trinajstić information content (AvgIpc) is 2.24. The second-order valence-corrected chi connectivity index (χ2v) is 4.67. The van der Waals surface area contributed by atoms with Crippen molar-refractivity contribution in [2.45, 2.75) is 26.7 Å². The van der Waals surface area contributed by atoms with Crippen molar-refractivity contribution >= 4 is 11.6 Å². The minimum atomic E-state index is 0.120. The summed E-state index contributed by atoms with van der Waals surface area (Å²) in [7, 11) is 0. The van der Waals surface area contributed by atoms with Crippen LogP contribution in [0, 0.1) is 5.41 Å². The fourth-order valence-electron chi connectivity index (χ4n) is 1.44. The lowest BCUT2D eigenvalue weighted by Gasteiger charge is -2.24. The molecule has 16 heavy (non-hydrogen) atoms. The van der Waals surface area contributed by atoms with Crippen molar-refractivity contribution in [2.24, 2.45) is 5.41 Å². The van der Waals surface area contributed by atoms with Crippen LogP contribution in [-0.4, -0.2) is 28.2 Å². The second-order valence-electron chi connectivity index (χ2n) is 4.67. The van der Waals surface area contributed by atoms with Gasteiger partial charge in [0.05, 0.1) is 12.4 Å². The maximum Gasteiger partial charge on any atom is 0.146 e. The summed E-state index contributed by atoms with van der Waals surface area (Å²) >= 11 is 0. The highest BCUT2D eigenvalue weighted by Crippen LogP contribution is 2.22. The van der Waals surface area contributed by atoms with Gasteiger partial charge in [0.1, 0.15) is 11.6 Å². The third kappa shape index (κ3) is 4.44. The lowest BCUT2D eigenvalue weighted by molar-refractivity contribution is 0.248. The first kappa shape index (κ1) is 12.7. The van der Waals surface area contributed by atoms with E-state index in [-0.39, 0.29) is 12.0 Å². The van der Waals surface area contributed by atoms with Crippen LogP contribution in [0.25, 0.3) is 0 Å². The van der Waals surface area contributed by atoms with Gasteiger partial charge in [0.25, 0.3) is 0 Å². The van der Waals surface area contributed by atoms with Crippen molar-refractivity contribution in [1.29, 1.82) is 0 Å². The molecule has 0 spiro atoms. The van der Waals surface area contributed by atoms with Crippen molar-refractivity contribution in [3.05, 3.63) is 12.4 Å². The highest BCUT2D eigenvalue weighted by molar-refractivity contribution is 5.38. The predicted molar refractivity (Wildman–Crippen MR) is 65.0 cm³/mol. The van der Waals surface area contributed by atoms with E-state index in [1.54, 1.807) is 6.20 Å². The number of nitrogens with zero attached hydrogens (tertiary/aromatic N) is 2. The first-order valence-electron chi connectivity index (χ1n) is 5.46. The summed E-state index contributed by atoms with van der Waals surface area (Å²) in [5, 5.41) is 12.0. The standard InChI is InChI=1S/C11H20N4O/c1-11(2,4-3-5-16)8-14-10-7-13-6-9(12)15-10/h6-7,16H,3-5,8H2,1-2H3,(H3,12,14,15). The Bertz CT molecular complexity index is 328. The molecule has 0 bridgehead atoms. The van der Waals surface area contributed by atoms with Crippen LogP contribution in [0.1, 0.15) is 26.7 Å². The van der Waals surface area contributed by atoms with E-state index in [9.17, 15) is 0 Å². The van der Waals surface area contributed by atoms with E-state index < -0.39 is 0 Å². The molecule has 0 amide bonds. The summed E-state index contributed by atoms with van der Waals surface area (Å²) < 4.78 is 0. The molecule has 1 aromatic heterocycles. The molecule has 0 radical (unpaired) electrons. The van der Waals surface area contributed by atoms with E-state index in [2.05, 4.69) is 29.1 Å². The number of anilines is 2. The van der Waals surface area contributed by atoms with Crippen molar-refractivity contribution in [1.82, 2.24) is 9.97 Å². The Labute approximate surface area is 96.1 Å². The molecule has 1 aromatic rings. The summed E-state index contributed by atoms with van der Waals surface area (Å²) in [5.41, 5.74) is 5.65. The molecule has 0 aromatic carbocycles. The van der Waals surface area contributed by atoms with E-state index in [1.807, 2.05) is 0 Å². The molecule has 5 nitrogen and oxygen atoms in total. The molecule has 0 saturated carbocycles. The molecule has 1 heterocycles. The van der Waals surface area contributed by atoms with Crippen molar-refractivity contribution < 1.29 is 5.11 Å². The molecular weight excluding hydrogens is 204 g/mol. The van der Waals surface area contributed by atoms with Gasteiger partial charge >= 0.3 is 0 Å². The third-order valence-electron chi connectivity index (χ3n) is 2.41. The van der Waals surface area contributed by atoms with E-state index in [0.717, 1.165) is 19.4 Å². The van der Waals surface area contributed by atoms with Gasteiger partial charge in [-0.1, -0.05) is 13.8 Å². The van der Waals surface area contributed by atoms with Gasteiger partial charge in [0.2, 0.25) is 0 Å². The highest BCUT2D eigenvalue weighted by atomic mass is 16.2. The second kappa shape index (κ2) is 5.65. The van der Waals surface area contributed by atoms with Crippen LogP contribution in [0.4, 0.5) is 11.6 Å². The van der Waals surface area contributed by atoms with Crippen LogP contribution in [0.15, 0.2) is 12.4 Å². The number of aliphatic hydroxyl groups excluding tert-OH is 1. The summed E-state index contributed by atoms with van der Waals surface area (Å²) in [4.78, 5) is 8.07. The molecule has 0 aliphatic rings. The zero-order valence-electron chi connectivity index (χ0n) is 9.90. The Kier molecular flexibility index (Phi) is 4.49. The maximum absolute atomic E-state index is 8.79. The highest BCUT2D eigenvalue weighted by Gasteiger charge is 2.17. The van der Waals surface area contributed by atoms with E-state index in [4.69, 9.17) is 10.8 Å². The van der Waals surface area contributed by atoms with E-state index in [0.29, 0.717) is 11.6 Å². The van der Waals surface area contributed by atoms with Crippen molar-refractivity contribution in [3.8, 4) is 0 Å². The summed E-state index contributed by atoms with van der Waals surface area (Å²) in [6.45, 7) is 5.32. The molecule has 5 heteroatoms. The molecule has 0 aliphatic carbocycles. The van der Waals surface area contributed by atoms with Gasteiger partial charge in [0, 0.05) is 13.2 Å². The fourth-order valence-corrected chi connectivity index (χ4v) is 1.44. The first-order valence-corrected chi connectivity index (χ1v) is 5.46. The molecule has 0 fully saturated rings. The Balaban J connectivity index is 2.44. The van der Waals surface area contributed by atoms with Crippen LogP contribution < -0.4 is 11.1 Å². The number of aliphatic hydroxyl groups is 1. The molecule has 0 saturated heterocycles. The largest absolute Gasteiger partial charge is 0.396 e. The minimum absolute atomic E-state index is 0.120. The number of nitrogens with one attached hydrogen (secondary N) is 1. The summed E-state index contributed by atoms with van der Waals surface area (Å²) in [6.07, 6.45) is 4.95. The maximum atomic E-state index is 8.79. The summed E-state index contributed by atoms with van der Waals surface area (Å²) in [5.74, 6) is 1.11. The van der Waals surface area contributed by atoms with Crippen LogP contribution in [0.3, 0.4) is 0 Å². The van der Waals surface area contributed by atoms with Crippen molar-refractivity contribution in [2.75, 3.05) is 24.2 Å². The Morgan fingerprint density at radius 2 is 2.19 bits per heavy atom. The number of aromatic nitrogens is 2. The minimum Gasteiger partial charge on any atom is -0.396 e. The van der Waals surface area contributed by atoms with Gasteiger partial charge in [-0.2, -0.15) is 0 Å². The van der Waals surface area contributed by atoms with Crippen LogP contribution >= 0.6 is 0 Å². The molecule has 0 atom stereocenters. The smallest absolute Gasteiger partial charge is 0.146 e. The SMILES string of the molecule is CC(C)(CCCO)CNc1cncc(N)n1. The van der Waals surface area contributed by atoms with Gasteiger partial charge in [-0.25, -0.2) is 4.98 Å². The zero-order valence-corrected chi connectivity index (χ0v) is 9.90. The lowest BCUT2D eigenvalue weighted by atomic mass is 9.88. The monoisotopic (exact) mass is 224 g/mol. The molecular formula is C11H20N4O. The number of hydrogen-bond acceptors (Lipinski definition) is 5. The van der Waals surface area contributed by atoms with E-state index >= 15 is 0 Å². The zero-order chi connectivity index (χ0) is 12.0. The molecule has 90 valence electrons.